The molecule has 0 spiro atoms. The largest absolute Gasteiger partial charge is 0.416 e. The van der Waals surface area contributed by atoms with Crippen LogP contribution in [0.5, 0.6) is 0 Å². The number of aryl methyl sites for hydroxylation is 1. The molecule has 0 amide bonds. The quantitative estimate of drug-likeness (QED) is 0.527. The van der Waals surface area contributed by atoms with Crippen LogP contribution in [0.1, 0.15) is 11.3 Å². The average Bonchev–Trinajstić information content (AvgIpc) is 2.62. The third kappa shape index (κ3) is 4.68. The smallest absolute Gasteiger partial charge is 0.263 e. The number of nitrogens with zero attached hydrogens (tertiary/aromatic N) is 1. The molecule has 1 N–H and O–H groups in total. The molecule has 0 saturated carbocycles. The normalized spacial score (nSPS) is 12.1. The summed E-state index contributed by atoms with van der Waals surface area (Å²) in [6, 6.07) is 10.1. The van der Waals surface area contributed by atoms with E-state index in [0.717, 1.165) is 24.3 Å². The van der Waals surface area contributed by atoms with Gasteiger partial charge in [-0.25, -0.2) is 17.8 Å². The topological polar surface area (TPSA) is 59.1 Å². The summed E-state index contributed by atoms with van der Waals surface area (Å²) in [5.41, 5.74) is 0.371. The lowest BCUT2D eigenvalue weighted by atomic mass is 10.0. The number of nitrogens with one attached hydrogen (secondary N) is 1. The summed E-state index contributed by atoms with van der Waals surface area (Å²) in [6.45, 7) is 1.59. The first-order valence-electron chi connectivity index (χ1n) is 8.10. The summed E-state index contributed by atoms with van der Waals surface area (Å²) in [5, 5.41) is 0.159. The Bertz CT molecular complexity index is 1180. The molecular weight excluding hydrogens is 432 g/mol. The lowest BCUT2D eigenvalue weighted by Gasteiger charge is -2.13. The molecule has 4 nitrogen and oxygen atoms in total. The Morgan fingerprint density at radius 2 is 1.69 bits per heavy atom. The summed E-state index contributed by atoms with van der Waals surface area (Å²) in [6.07, 6.45) is -4.67. The Kier molecular flexibility index (Phi) is 5.55. The molecule has 152 valence electrons. The average molecular weight is 445 g/mol. The second-order valence-corrected chi connectivity index (χ2v) is 8.17. The lowest BCUT2D eigenvalue weighted by molar-refractivity contribution is -0.137. The van der Waals surface area contributed by atoms with E-state index < -0.39 is 32.5 Å². The number of pyridine rings is 1. The van der Waals surface area contributed by atoms with Crippen LogP contribution in [0.2, 0.25) is 5.02 Å². The number of sulfonamides is 1. The van der Waals surface area contributed by atoms with Gasteiger partial charge in [-0.05, 0) is 55.5 Å². The molecule has 0 unspecified atom stereocenters. The fraction of sp³-hybridized carbons (Fsp3) is 0.105. The molecule has 0 radical (unpaired) electrons. The molecule has 10 heteroatoms. The van der Waals surface area contributed by atoms with Gasteiger partial charge in [-0.1, -0.05) is 17.7 Å². The Morgan fingerprint density at radius 1 is 1.00 bits per heavy atom. The van der Waals surface area contributed by atoms with E-state index in [1.54, 1.807) is 6.92 Å². The number of anilines is 1. The van der Waals surface area contributed by atoms with E-state index in [-0.39, 0.29) is 10.8 Å². The van der Waals surface area contributed by atoms with Crippen LogP contribution >= 0.6 is 11.6 Å². The molecule has 1 aromatic heterocycles. The van der Waals surface area contributed by atoms with E-state index in [1.807, 2.05) is 0 Å². The molecule has 0 saturated heterocycles. The first-order valence-corrected chi connectivity index (χ1v) is 9.96. The standard InChI is InChI=1S/C19H13ClF4N2O2S/c1-11-15(16-6-5-13(21)10-17(16)20)7-8-18(25-11)26-29(27,28)14-4-2-3-12(9-14)19(22,23)24/h2-10H,1H3,(H,25,26). The summed E-state index contributed by atoms with van der Waals surface area (Å²) >= 11 is 6.04. The van der Waals surface area contributed by atoms with Crippen LogP contribution < -0.4 is 4.72 Å². The van der Waals surface area contributed by atoms with Gasteiger partial charge in [0.05, 0.1) is 15.5 Å². The van der Waals surface area contributed by atoms with Gasteiger partial charge in [-0.3, -0.25) is 4.72 Å². The van der Waals surface area contributed by atoms with Gasteiger partial charge in [-0.15, -0.1) is 0 Å². The highest BCUT2D eigenvalue weighted by Crippen LogP contribution is 2.32. The molecule has 0 aliphatic rings. The fourth-order valence-corrected chi connectivity index (χ4v) is 3.96. The Morgan fingerprint density at radius 3 is 2.31 bits per heavy atom. The van der Waals surface area contributed by atoms with Crippen molar-refractivity contribution in [2.24, 2.45) is 0 Å². The predicted octanol–water partition coefficient (Wildman–Crippen LogP) is 5.67. The summed E-state index contributed by atoms with van der Waals surface area (Å²) < 4.78 is 78.8. The Balaban J connectivity index is 1.92. The van der Waals surface area contributed by atoms with Crippen molar-refractivity contribution >= 4 is 27.4 Å². The Hall–Kier alpha value is -2.65. The van der Waals surface area contributed by atoms with Crippen LogP contribution in [0.25, 0.3) is 11.1 Å². The maximum absolute atomic E-state index is 13.2. The van der Waals surface area contributed by atoms with E-state index >= 15 is 0 Å². The number of alkyl halides is 3. The number of aromatic nitrogens is 1. The molecule has 0 bridgehead atoms. The van der Waals surface area contributed by atoms with Crippen LogP contribution in [0, 0.1) is 12.7 Å². The highest BCUT2D eigenvalue weighted by atomic mass is 35.5. The number of benzene rings is 2. The van der Waals surface area contributed by atoms with Gasteiger partial charge in [0.15, 0.2) is 0 Å². The van der Waals surface area contributed by atoms with Gasteiger partial charge in [-0.2, -0.15) is 13.2 Å². The van der Waals surface area contributed by atoms with Crippen LogP contribution in [0.4, 0.5) is 23.4 Å². The molecule has 0 fully saturated rings. The van der Waals surface area contributed by atoms with Crippen molar-refractivity contribution in [3.05, 3.63) is 76.7 Å². The number of rotatable bonds is 4. The zero-order valence-corrected chi connectivity index (χ0v) is 16.3. The lowest BCUT2D eigenvalue weighted by Crippen LogP contribution is -2.15. The van der Waals surface area contributed by atoms with Crippen molar-refractivity contribution in [1.29, 1.82) is 0 Å². The van der Waals surface area contributed by atoms with Crippen molar-refractivity contribution in [3.63, 3.8) is 0 Å². The van der Waals surface area contributed by atoms with Gasteiger partial charge in [0.25, 0.3) is 10.0 Å². The van der Waals surface area contributed by atoms with E-state index in [0.29, 0.717) is 22.9 Å². The molecule has 29 heavy (non-hydrogen) atoms. The zero-order valence-electron chi connectivity index (χ0n) is 14.8. The maximum atomic E-state index is 13.2. The van der Waals surface area contributed by atoms with Crippen LogP contribution in [0.15, 0.2) is 59.5 Å². The molecule has 1 heterocycles. The fourth-order valence-electron chi connectivity index (χ4n) is 2.65. The minimum Gasteiger partial charge on any atom is -0.263 e. The van der Waals surface area contributed by atoms with E-state index in [9.17, 15) is 26.0 Å². The molecular formula is C19H13ClF4N2O2S. The highest BCUT2D eigenvalue weighted by Gasteiger charge is 2.31. The van der Waals surface area contributed by atoms with E-state index in [1.165, 1.54) is 24.3 Å². The van der Waals surface area contributed by atoms with E-state index in [2.05, 4.69) is 9.71 Å². The monoisotopic (exact) mass is 444 g/mol. The van der Waals surface area contributed by atoms with Gasteiger partial charge in [0, 0.05) is 16.8 Å². The van der Waals surface area contributed by atoms with Crippen LogP contribution in [0.3, 0.4) is 0 Å². The Labute approximate surface area is 169 Å². The van der Waals surface area contributed by atoms with E-state index in [4.69, 9.17) is 11.6 Å². The first-order chi connectivity index (χ1) is 13.5. The first kappa shape index (κ1) is 21.1. The number of halogens is 5. The highest BCUT2D eigenvalue weighted by molar-refractivity contribution is 7.92. The van der Waals surface area contributed by atoms with Crippen LogP contribution in [-0.2, 0) is 16.2 Å². The summed E-state index contributed by atoms with van der Waals surface area (Å²) in [5.74, 6) is -0.586. The van der Waals surface area contributed by atoms with Crippen molar-refractivity contribution < 1.29 is 26.0 Å². The number of hydrogen-bond acceptors (Lipinski definition) is 3. The number of hydrogen-bond donors (Lipinski definition) is 1. The predicted molar refractivity (Wildman–Crippen MR) is 102 cm³/mol. The van der Waals surface area contributed by atoms with Gasteiger partial charge >= 0.3 is 6.18 Å². The van der Waals surface area contributed by atoms with Gasteiger partial charge in [0.1, 0.15) is 11.6 Å². The third-order valence-corrected chi connectivity index (χ3v) is 5.68. The third-order valence-electron chi connectivity index (χ3n) is 4.02. The van der Waals surface area contributed by atoms with Crippen LogP contribution in [-0.4, -0.2) is 13.4 Å². The van der Waals surface area contributed by atoms with Gasteiger partial charge < -0.3 is 0 Å². The molecule has 0 aliphatic heterocycles. The SMILES string of the molecule is Cc1nc(NS(=O)(=O)c2cccc(C(F)(F)F)c2)ccc1-c1ccc(F)cc1Cl. The molecule has 3 aromatic rings. The minimum absolute atomic E-state index is 0.0816. The summed E-state index contributed by atoms with van der Waals surface area (Å²) in [4.78, 5) is 3.59. The second-order valence-electron chi connectivity index (χ2n) is 6.08. The molecule has 3 rings (SSSR count). The molecule has 0 aliphatic carbocycles. The van der Waals surface area contributed by atoms with Crippen molar-refractivity contribution in [1.82, 2.24) is 4.98 Å². The van der Waals surface area contributed by atoms with Crippen molar-refractivity contribution in [2.75, 3.05) is 4.72 Å². The zero-order chi connectivity index (χ0) is 21.4. The van der Waals surface area contributed by atoms with Gasteiger partial charge in [0.2, 0.25) is 0 Å². The van der Waals surface area contributed by atoms with Crippen molar-refractivity contribution in [3.8, 4) is 11.1 Å². The molecule has 2 aromatic carbocycles. The van der Waals surface area contributed by atoms with Crippen molar-refractivity contribution in [2.45, 2.75) is 18.0 Å². The summed E-state index contributed by atoms with van der Waals surface area (Å²) in [7, 11) is -4.29. The maximum Gasteiger partial charge on any atom is 0.416 e. The molecule has 0 atom stereocenters. The second kappa shape index (κ2) is 7.64. The minimum atomic E-state index is -4.67.